The van der Waals surface area contributed by atoms with Gasteiger partial charge in [-0.3, -0.25) is 0 Å². The predicted octanol–water partition coefficient (Wildman–Crippen LogP) is 2.75. The van der Waals surface area contributed by atoms with Crippen molar-refractivity contribution in [3.05, 3.63) is 35.3 Å². The highest BCUT2D eigenvalue weighted by Gasteiger charge is 2.36. The van der Waals surface area contributed by atoms with Crippen LogP contribution < -0.4 is 5.73 Å². The summed E-state index contributed by atoms with van der Waals surface area (Å²) in [6.45, 7) is 0. The zero-order valence-electron chi connectivity index (χ0n) is 9.04. The lowest BCUT2D eigenvalue weighted by molar-refractivity contribution is 0.475. The van der Waals surface area contributed by atoms with Crippen molar-refractivity contribution < 1.29 is 5.11 Å². The van der Waals surface area contributed by atoms with E-state index in [1.807, 2.05) is 18.3 Å². The fourth-order valence-corrected chi connectivity index (χ4v) is 2.85. The summed E-state index contributed by atoms with van der Waals surface area (Å²) in [5.74, 6) is 0.799. The molecule has 0 amide bonds. The third kappa shape index (κ3) is 2.44. The molecule has 1 aromatic heterocycles. The molecular formula is C12H13ClN2OS. The summed E-state index contributed by atoms with van der Waals surface area (Å²) in [6.07, 6.45) is 3.00. The van der Waals surface area contributed by atoms with E-state index in [1.54, 1.807) is 23.5 Å². The van der Waals surface area contributed by atoms with Gasteiger partial charge in [0.2, 0.25) is 0 Å². The van der Waals surface area contributed by atoms with E-state index in [9.17, 15) is 5.11 Å². The molecule has 1 aromatic carbocycles. The Hall–Kier alpha value is -1.10. The Balaban J connectivity index is 0.00000108. The second kappa shape index (κ2) is 4.64. The van der Waals surface area contributed by atoms with Gasteiger partial charge in [0.1, 0.15) is 10.8 Å². The van der Waals surface area contributed by atoms with Crippen LogP contribution in [0, 0.1) is 0 Å². The number of aromatic nitrogens is 1. The number of rotatable bonds is 2. The Morgan fingerprint density at radius 1 is 1.29 bits per heavy atom. The summed E-state index contributed by atoms with van der Waals surface area (Å²) in [6, 6.07) is 7.45. The number of halogens is 1. The summed E-state index contributed by atoms with van der Waals surface area (Å²) in [4.78, 5) is 5.67. The standard InChI is InChI=1S/C12H12N2OS.ClH/c13-10-5-9(10)11-6-14-12(16-11)7-1-3-8(15)4-2-7;/h1-4,6,9-10,15H,5,13H2;1H/t9-,10-;/m1./s1. The molecule has 1 aliphatic carbocycles. The van der Waals surface area contributed by atoms with Gasteiger partial charge in [-0.05, 0) is 30.7 Å². The predicted molar refractivity (Wildman–Crippen MR) is 71.8 cm³/mol. The van der Waals surface area contributed by atoms with Gasteiger partial charge in [0.15, 0.2) is 0 Å². The summed E-state index contributed by atoms with van der Waals surface area (Å²) >= 11 is 1.69. The van der Waals surface area contributed by atoms with Gasteiger partial charge >= 0.3 is 0 Å². The summed E-state index contributed by atoms with van der Waals surface area (Å²) in [5, 5.41) is 10.2. The van der Waals surface area contributed by atoms with Crippen molar-refractivity contribution in [2.75, 3.05) is 0 Å². The van der Waals surface area contributed by atoms with Crippen LogP contribution in [-0.2, 0) is 0 Å². The summed E-state index contributed by atoms with van der Waals surface area (Å²) < 4.78 is 0. The zero-order chi connectivity index (χ0) is 11.1. The maximum Gasteiger partial charge on any atom is 0.123 e. The highest BCUT2D eigenvalue weighted by Crippen LogP contribution is 2.43. The monoisotopic (exact) mass is 268 g/mol. The van der Waals surface area contributed by atoms with Gasteiger partial charge in [0, 0.05) is 28.6 Å². The zero-order valence-corrected chi connectivity index (χ0v) is 10.7. The Bertz CT molecular complexity index is 511. The molecule has 1 saturated carbocycles. The molecule has 0 bridgehead atoms. The second-order valence-corrected chi connectivity index (χ2v) is 5.18. The second-order valence-electron chi connectivity index (χ2n) is 4.12. The van der Waals surface area contributed by atoms with Gasteiger partial charge in [-0.2, -0.15) is 0 Å². The van der Waals surface area contributed by atoms with E-state index >= 15 is 0 Å². The molecule has 90 valence electrons. The minimum atomic E-state index is 0. The number of hydrogen-bond donors (Lipinski definition) is 2. The lowest BCUT2D eigenvalue weighted by Crippen LogP contribution is -1.99. The van der Waals surface area contributed by atoms with Crippen LogP contribution in [0.25, 0.3) is 10.6 Å². The number of aromatic hydroxyl groups is 1. The molecule has 0 saturated heterocycles. The fourth-order valence-electron chi connectivity index (χ4n) is 1.74. The maximum atomic E-state index is 9.21. The van der Waals surface area contributed by atoms with Crippen molar-refractivity contribution in [3.8, 4) is 16.3 Å². The van der Waals surface area contributed by atoms with Crippen molar-refractivity contribution in [2.45, 2.75) is 18.4 Å². The van der Waals surface area contributed by atoms with E-state index in [0.29, 0.717) is 12.0 Å². The van der Waals surface area contributed by atoms with Crippen molar-refractivity contribution >= 4 is 23.7 Å². The van der Waals surface area contributed by atoms with Crippen molar-refractivity contribution in [1.29, 1.82) is 0 Å². The molecule has 2 aromatic rings. The smallest absolute Gasteiger partial charge is 0.123 e. The lowest BCUT2D eigenvalue weighted by Gasteiger charge is -1.95. The average Bonchev–Trinajstić information content (AvgIpc) is 2.82. The van der Waals surface area contributed by atoms with Crippen LogP contribution in [0.5, 0.6) is 5.75 Å². The van der Waals surface area contributed by atoms with Crippen LogP contribution in [0.1, 0.15) is 17.2 Å². The highest BCUT2D eigenvalue weighted by molar-refractivity contribution is 7.15. The van der Waals surface area contributed by atoms with Crippen LogP contribution in [0.3, 0.4) is 0 Å². The maximum absolute atomic E-state index is 9.21. The number of phenolic OH excluding ortho intramolecular Hbond substituents is 1. The van der Waals surface area contributed by atoms with E-state index in [0.717, 1.165) is 17.0 Å². The van der Waals surface area contributed by atoms with Crippen LogP contribution in [0.4, 0.5) is 0 Å². The number of thiazole rings is 1. The fraction of sp³-hybridized carbons (Fsp3) is 0.250. The first-order valence-corrected chi connectivity index (χ1v) is 6.06. The molecule has 1 fully saturated rings. The highest BCUT2D eigenvalue weighted by atomic mass is 35.5. The number of hydrogen-bond acceptors (Lipinski definition) is 4. The topological polar surface area (TPSA) is 59.1 Å². The first-order chi connectivity index (χ1) is 7.74. The van der Waals surface area contributed by atoms with Gasteiger partial charge in [0.05, 0.1) is 0 Å². The van der Waals surface area contributed by atoms with Crippen LogP contribution >= 0.6 is 23.7 Å². The molecule has 0 unspecified atom stereocenters. The average molecular weight is 269 g/mol. The number of phenols is 1. The molecule has 1 aliphatic rings. The molecule has 0 aliphatic heterocycles. The largest absolute Gasteiger partial charge is 0.508 e. The van der Waals surface area contributed by atoms with Crippen LogP contribution in [0.15, 0.2) is 30.5 Å². The molecule has 0 radical (unpaired) electrons. The number of benzene rings is 1. The van der Waals surface area contributed by atoms with Gasteiger partial charge in [-0.1, -0.05) is 0 Å². The number of nitrogens with two attached hydrogens (primary N) is 1. The molecule has 2 atom stereocenters. The van der Waals surface area contributed by atoms with Gasteiger partial charge in [-0.25, -0.2) is 4.98 Å². The first-order valence-electron chi connectivity index (χ1n) is 5.25. The third-order valence-electron chi connectivity index (χ3n) is 2.84. The Labute approximate surface area is 110 Å². The SMILES string of the molecule is Cl.N[C@@H]1C[C@H]1c1cnc(-c2ccc(O)cc2)s1. The molecule has 5 heteroatoms. The van der Waals surface area contributed by atoms with Gasteiger partial charge < -0.3 is 10.8 Å². The van der Waals surface area contributed by atoms with E-state index < -0.39 is 0 Å². The van der Waals surface area contributed by atoms with E-state index in [1.165, 1.54) is 4.88 Å². The van der Waals surface area contributed by atoms with E-state index in [-0.39, 0.29) is 18.2 Å². The Kier molecular flexibility index (Phi) is 3.38. The van der Waals surface area contributed by atoms with Crippen molar-refractivity contribution in [1.82, 2.24) is 4.98 Å². The summed E-state index contributed by atoms with van der Waals surface area (Å²) in [7, 11) is 0. The Morgan fingerprint density at radius 3 is 2.53 bits per heavy atom. The minimum Gasteiger partial charge on any atom is -0.508 e. The summed E-state index contributed by atoms with van der Waals surface area (Å²) in [5.41, 5.74) is 6.86. The quantitative estimate of drug-likeness (QED) is 0.880. The number of nitrogens with zero attached hydrogens (tertiary/aromatic N) is 1. The third-order valence-corrected chi connectivity index (χ3v) is 4.02. The van der Waals surface area contributed by atoms with Gasteiger partial charge in [0.25, 0.3) is 0 Å². The van der Waals surface area contributed by atoms with Crippen LogP contribution in [-0.4, -0.2) is 16.1 Å². The Morgan fingerprint density at radius 2 is 1.94 bits per heavy atom. The molecule has 3 rings (SSSR count). The van der Waals surface area contributed by atoms with Crippen molar-refractivity contribution in [2.24, 2.45) is 5.73 Å². The molecule has 17 heavy (non-hydrogen) atoms. The molecule has 3 nitrogen and oxygen atoms in total. The minimum absolute atomic E-state index is 0. The van der Waals surface area contributed by atoms with E-state index in [4.69, 9.17) is 5.73 Å². The van der Waals surface area contributed by atoms with E-state index in [2.05, 4.69) is 4.98 Å². The van der Waals surface area contributed by atoms with Crippen LogP contribution in [0.2, 0.25) is 0 Å². The van der Waals surface area contributed by atoms with Gasteiger partial charge in [-0.15, -0.1) is 23.7 Å². The normalized spacial score (nSPS) is 21.9. The molecule has 3 N–H and O–H groups in total. The lowest BCUT2D eigenvalue weighted by atomic mass is 10.2. The molecule has 1 heterocycles. The van der Waals surface area contributed by atoms with Crippen molar-refractivity contribution in [3.63, 3.8) is 0 Å². The molecular weight excluding hydrogens is 256 g/mol. The first kappa shape index (κ1) is 12.4. The molecule has 0 spiro atoms.